The molecule has 0 aromatic carbocycles. The number of hydrogen-bond donors (Lipinski definition) is 0. The fourth-order valence-corrected chi connectivity index (χ4v) is 3.94. The summed E-state index contributed by atoms with van der Waals surface area (Å²) in [6.07, 6.45) is 7.56. The molecule has 0 bridgehead atoms. The number of piperidine rings is 1. The molecule has 2 aliphatic heterocycles. The van der Waals surface area contributed by atoms with Crippen molar-refractivity contribution < 1.29 is 18.7 Å². The Labute approximate surface area is 142 Å². The summed E-state index contributed by atoms with van der Waals surface area (Å²) in [5.41, 5.74) is -0.384. The number of methoxy groups -OCH3 is 1. The number of furan rings is 1. The summed E-state index contributed by atoms with van der Waals surface area (Å²) in [6, 6.07) is 3.78. The topological polar surface area (TPSA) is 63.0 Å². The Bertz CT molecular complexity index is 615. The van der Waals surface area contributed by atoms with Crippen molar-refractivity contribution in [3.63, 3.8) is 0 Å². The van der Waals surface area contributed by atoms with E-state index in [1.54, 1.807) is 11.2 Å². The van der Waals surface area contributed by atoms with Crippen LogP contribution in [-0.2, 0) is 14.3 Å². The summed E-state index contributed by atoms with van der Waals surface area (Å²) in [5, 5.41) is 0. The molecule has 2 fully saturated rings. The van der Waals surface area contributed by atoms with Crippen LogP contribution in [0.3, 0.4) is 0 Å². The van der Waals surface area contributed by atoms with Gasteiger partial charge in [0, 0.05) is 33.1 Å². The Morgan fingerprint density at radius 3 is 2.83 bits per heavy atom. The molecule has 1 atom stereocenters. The van der Waals surface area contributed by atoms with Gasteiger partial charge in [-0.1, -0.05) is 6.08 Å². The van der Waals surface area contributed by atoms with E-state index >= 15 is 0 Å². The maximum absolute atomic E-state index is 12.1. The second kappa shape index (κ2) is 6.81. The van der Waals surface area contributed by atoms with Gasteiger partial charge in [0.25, 0.3) is 0 Å². The van der Waals surface area contributed by atoms with E-state index in [-0.39, 0.29) is 29.8 Å². The van der Waals surface area contributed by atoms with Crippen LogP contribution in [-0.4, -0.2) is 61.0 Å². The van der Waals surface area contributed by atoms with E-state index in [9.17, 15) is 9.59 Å². The van der Waals surface area contributed by atoms with E-state index in [1.807, 2.05) is 25.3 Å². The zero-order chi connectivity index (χ0) is 17.2. The molecule has 0 radical (unpaired) electrons. The van der Waals surface area contributed by atoms with Crippen molar-refractivity contribution in [2.75, 3.05) is 33.8 Å². The number of amides is 1. The number of ether oxygens (including phenoxy) is 1. The van der Waals surface area contributed by atoms with Crippen LogP contribution in [0.15, 0.2) is 28.9 Å². The zero-order valence-corrected chi connectivity index (χ0v) is 14.2. The van der Waals surface area contributed by atoms with Gasteiger partial charge in [-0.3, -0.25) is 14.5 Å². The van der Waals surface area contributed by atoms with Gasteiger partial charge in [0.15, 0.2) is 0 Å². The number of nitrogens with zero attached hydrogens (tertiary/aromatic N) is 2. The molecular formula is C18H24N2O4. The van der Waals surface area contributed by atoms with E-state index in [4.69, 9.17) is 9.15 Å². The first-order chi connectivity index (χ1) is 11.6. The average molecular weight is 332 g/mol. The van der Waals surface area contributed by atoms with Crippen LogP contribution in [0.25, 0.3) is 6.08 Å². The Hall–Kier alpha value is -2.08. The third-order valence-electron chi connectivity index (χ3n) is 5.47. The summed E-state index contributed by atoms with van der Waals surface area (Å²) in [7, 11) is 3.21. The number of esters is 1. The van der Waals surface area contributed by atoms with Crippen molar-refractivity contribution in [2.45, 2.75) is 24.8 Å². The Kier molecular flexibility index (Phi) is 4.76. The summed E-state index contributed by atoms with van der Waals surface area (Å²) >= 11 is 0. The van der Waals surface area contributed by atoms with Crippen molar-refractivity contribution in [3.05, 3.63) is 30.2 Å². The first kappa shape index (κ1) is 16.8. The quantitative estimate of drug-likeness (QED) is 0.787. The Balaban J connectivity index is 1.62. The highest BCUT2D eigenvalue weighted by molar-refractivity contribution is 5.88. The van der Waals surface area contributed by atoms with Gasteiger partial charge in [0.05, 0.1) is 24.8 Å². The van der Waals surface area contributed by atoms with E-state index in [1.165, 1.54) is 7.11 Å². The molecule has 1 spiro atoms. The lowest BCUT2D eigenvalue weighted by atomic mass is 9.77. The van der Waals surface area contributed by atoms with Gasteiger partial charge >= 0.3 is 5.97 Å². The van der Waals surface area contributed by atoms with Crippen molar-refractivity contribution in [2.24, 2.45) is 5.92 Å². The largest absolute Gasteiger partial charge is 0.469 e. The van der Waals surface area contributed by atoms with E-state index in [0.717, 1.165) is 38.2 Å². The molecule has 1 amide bonds. The van der Waals surface area contributed by atoms with Gasteiger partial charge in [-0.2, -0.15) is 0 Å². The predicted molar refractivity (Wildman–Crippen MR) is 89.0 cm³/mol. The van der Waals surface area contributed by atoms with Crippen LogP contribution in [0.1, 0.15) is 25.0 Å². The van der Waals surface area contributed by atoms with Crippen LogP contribution in [0.4, 0.5) is 0 Å². The highest BCUT2D eigenvalue weighted by atomic mass is 16.5. The molecule has 1 aromatic rings. The smallest absolute Gasteiger partial charge is 0.311 e. The lowest BCUT2D eigenvalue weighted by molar-refractivity contribution is -0.149. The fourth-order valence-electron chi connectivity index (χ4n) is 3.94. The number of carbonyl (C=O) groups is 2. The summed E-state index contributed by atoms with van der Waals surface area (Å²) in [4.78, 5) is 28.4. The molecular weight excluding hydrogens is 308 g/mol. The summed E-state index contributed by atoms with van der Waals surface area (Å²) in [6.45, 7) is 2.54. The van der Waals surface area contributed by atoms with E-state index in [0.29, 0.717) is 0 Å². The van der Waals surface area contributed by atoms with E-state index < -0.39 is 0 Å². The van der Waals surface area contributed by atoms with Gasteiger partial charge in [-0.15, -0.1) is 0 Å². The maximum Gasteiger partial charge on any atom is 0.311 e. The van der Waals surface area contributed by atoms with Crippen molar-refractivity contribution in [3.8, 4) is 0 Å². The molecule has 6 heteroatoms. The molecule has 2 aliphatic rings. The van der Waals surface area contributed by atoms with Crippen LogP contribution in [0, 0.1) is 5.92 Å². The van der Waals surface area contributed by atoms with Gasteiger partial charge in [0.1, 0.15) is 5.76 Å². The number of carbonyl (C=O) groups excluding carboxylic acids is 2. The lowest BCUT2D eigenvalue weighted by Gasteiger charge is -2.45. The van der Waals surface area contributed by atoms with Gasteiger partial charge < -0.3 is 14.1 Å². The second-order valence-electron chi connectivity index (χ2n) is 6.55. The first-order valence-corrected chi connectivity index (χ1v) is 8.34. The third-order valence-corrected chi connectivity index (χ3v) is 5.47. The molecule has 1 unspecified atom stereocenters. The normalized spacial score (nSPS) is 24.2. The predicted octanol–water partition coefficient (Wildman–Crippen LogP) is 1.78. The van der Waals surface area contributed by atoms with Crippen LogP contribution in [0.2, 0.25) is 0 Å². The summed E-state index contributed by atoms with van der Waals surface area (Å²) < 4.78 is 10.2. The van der Waals surface area contributed by atoms with Crippen LogP contribution >= 0.6 is 0 Å². The molecule has 3 heterocycles. The minimum absolute atomic E-state index is 0.0385. The van der Waals surface area contributed by atoms with Crippen molar-refractivity contribution in [1.82, 2.24) is 9.80 Å². The van der Waals surface area contributed by atoms with Gasteiger partial charge in [-0.25, -0.2) is 0 Å². The molecule has 24 heavy (non-hydrogen) atoms. The standard InChI is InChI=1S/C18H24N2O4/c1-19-16(21)13-15(17(22)23-2)18(19)7-10-20(11-8-18)9-3-5-14-6-4-12-24-14/h3-6,12,15H,7-11,13H2,1-2H3/b5-3+. The minimum atomic E-state index is -0.384. The monoisotopic (exact) mass is 332 g/mol. The zero-order valence-electron chi connectivity index (χ0n) is 14.2. The highest BCUT2D eigenvalue weighted by Gasteiger charge is 2.55. The first-order valence-electron chi connectivity index (χ1n) is 8.34. The highest BCUT2D eigenvalue weighted by Crippen LogP contribution is 2.43. The fraction of sp³-hybridized carbons (Fsp3) is 0.556. The van der Waals surface area contributed by atoms with Crippen LogP contribution in [0.5, 0.6) is 0 Å². The van der Waals surface area contributed by atoms with Gasteiger partial charge in [-0.05, 0) is 31.1 Å². The summed E-state index contributed by atoms with van der Waals surface area (Å²) in [5.74, 6) is 0.270. The molecule has 0 aliphatic carbocycles. The average Bonchev–Trinajstić information content (AvgIpc) is 3.19. The number of likely N-dealkylation sites (tertiary alicyclic amines) is 2. The Morgan fingerprint density at radius 1 is 1.46 bits per heavy atom. The molecule has 6 nitrogen and oxygen atoms in total. The molecule has 0 saturated carbocycles. The number of rotatable bonds is 4. The maximum atomic E-state index is 12.1. The molecule has 130 valence electrons. The molecule has 1 aromatic heterocycles. The molecule has 3 rings (SSSR count). The number of hydrogen-bond acceptors (Lipinski definition) is 5. The molecule has 2 saturated heterocycles. The van der Waals surface area contributed by atoms with Crippen molar-refractivity contribution in [1.29, 1.82) is 0 Å². The lowest BCUT2D eigenvalue weighted by Crippen LogP contribution is -2.56. The van der Waals surface area contributed by atoms with Crippen LogP contribution < -0.4 is 0 Å². The van der Waals surface area contributed by atoms with Gasteiger partial charge in [0.2, 0.25) is 5.91 Å². The SMILES string of the molecule is COC(=O)C1CC(=O)N(C)C12CCN(C/C=C/c1ccco1)CC2. The third kappa shape index (κ3) is 2.98. The minimum Gasteiger partial charge on any atom is -0.469 e. The Morgan fingerprint density at radius 2 is 2.21 bits per heavy atom. The molecule has 0 N–H and O–H groups in total. The van der Waals surface area contributed by atoms with Crippen molar-refractivity contribution >= 4 is 18.0 Å². The second-order valence-corrected chi connectivity index (χ2v) is 6.55. The van der Waals surface area contributed by atoms with E-state index in [2.05, 4.69) is 11.0 Å².